The smallest absolute Gasteiger partial charge is 0.330 e. The van der Waals surface area contributed by atoms with E-state index in [0.717, 1.165) is 43.7 Å². The Morgan fingerprint density at radius 3 is 2.26 bits per heavy atom. The molecule has 1 aromatic carbocycles. The molecule has 1 unspecified atom stereocenters. The standard InChI is InChI=1S/C21H31NO4S/c1-21(2,3)20(24)26-22-14-12-16(13-15-22)6-5-7-19(23)17-8-10-18(11-9-17)27(4)25/h8-11,16H,5-7,12-15H2,1-4H3. The fourth-order valence-electron chi connectivity index (χ4n) is 3.07. The second-order valence-electron chi connectivity index (χ2n) is 8.30. The van der Waals surface area contributed by atoms with Gasteiger partial charge in [-0.15, -0.1) is 5.06 Å². The van der Waals surface area contributed by atoms with Crippen LogP contribution in [0.25, 0.3) is 0 Å². The fourth-order valence-corrected chi connectivity index (χ4v) is 3.59. The lowest BCUT2D eigenvalue weighted by Gasteiger charge is -2.32. The average molecular weight is 394 g/mol. The van der Waals surface area contributed by atoms with Crippen LogP contribution in [0.15, 0.2) is 29.2 Å². The summed E-state index contributed by atoms with van der Waals surface area (Å²) in [6, 6.07) is 7.05. The molecule has 1 aliphatic heterocycles. The third kappa shape index (κ3) is 6.85. The maximum atomic E-state index is 12.3. The van der Waals surface area contributed by atoms with E-state index in [0.29, 0.717) is 17.9 Å². The molecule has 1 atom stereocenters. The summed E-state index contributed by atoms with van der Waals surface area (Å²) in [5, 5.41) is 1.77. The molecule has 0 aromatic heterocycles. The van der Waals surface area contributed by atoms with Crippen LogP contribution in [0.2, 0.25) is 0 Å². The van der Waals surface area contributed by atoms with Gasteiger partial charge in [-0.1, -0.05) is 12.1 Å². The van der Waals surface area contributed by atoms with E-state index < -0.39 is 16.2 Å². The van der Waals surface area contributed by atoms with Gasteiger partial charge in [-0.3, -0.25) is 9.00 Å². The summed E-state index contributed by atoms with van der Waals surface area (Å²) in [7, 11) is -1.02. The summed E-state index contributed by atoms with van der Waals surface area (Å²) in [5.41, 5.74) is 0.204. The summed E-state index contributed by atoms with van der Waals surface area (Å²) in [6.07, 6.45) is 6.03. The number of benzene rings is 1. The predicted molar refractivity (Wildman–Crippen MR) is 107 cm³/mol. The van der Waals surface area contributed by atoms with Gasteiger partial charge in [0.25, 0.3) is 0 Å². The maximum Gasteiger partial charge on any atom is 0.330 e. The first-order chi connectivity index (χ1) is 12.7. The number of hydroxylamine groups is 2. The molecule has 0 amide bonds. The van der Waals surface area contributed by atoms with Crippen LogP contribution in [0.4, 0.5) is 0 Å². The maximum absolute atomic E-state index is 12.3. The monoisotopic (exact) mass is 393 g/mol. The van der Waals surface area contributed by atoms with E-state index in [9.17, 15) is 13.8 Å². The van der Waals surface area contributed by atoms with Gasteiger partial charge in [0.1, 0.15) is 0 Å². The highest BCUT2D eigenvalue weighted by atomic mass is 32.2. The largest absolute Gasteiger partial charge is 0.367 e. The van der Waals surface area contributed by atoms with Gasteiger partial charge in [-0.2, -0.15) is 0 Å². The van der Waals surface area contributed by atoms with Crippen LogP contribution in [-0.2, 0) is 20.4 Å². The topological polar surface area (TPSA) is 63.7 Å². The first kappa shape index (κ1) is 21.8. The van der Waals surface area contributed by atoms with Crippen LogP contribution < -0.4 is 0 Å². The Hall–Kier alpha value is -1.53. The van der Waals surface area contributed by atoms with Crippen LogP contribution in [0.1, 0.15) is 63.2 Å². The minimum absolute atomic E-state index is 0.139. The van der Waals surface area contributed by atoms with Crippen molar-refractivity contribution in [2.75, 3.05) is 19.3 Å². The highest BCUT2D eigenvalue weighted by Crippen LogP contribution is 2.25. The minimum atomic E-state index is -1.02. The molecule has 1 aromatic rings. The molecule has 150 valence electrons. The van der Waals surface area contributed by atoms with Gasteiger partial charge in [0.05, 0.1) is 5.41 Å². The highest BCUT2D eigenvalue weighted by Gasteiger charge is 2.28. The molecule has 0 aliphatic carbocycles. The number of hydrogen-bond acceptors (Lipinski definition) is 5. The second-order valence-corrected chi connectivity index (χ2v) is 9.67. The van der Waals surface area contributed by atoms with Gasteiger partial charge in [0.15, 0.2) is 5.78 Å². The summed E-state index contributed by atoms with van der Waals surface area (Å²) >= 11 is 0. The van der Waals surface area contributed by atoms with Crippen LogP contribution in [-0.4, -0.2) is 40.4 Å². The summed E-state index contributed by atoms with van der Waals surface area (Å²) in [6.45, 7) is 7.09. The van der Waals surface area contributed by atoms with Crippen molar-refractivity contribution in [3.8, 4) is 0 Å². The van der Waals surface area contributed by atoms with Crippen LogP contribution in [0.5, 0.6) is 0 Å². The molecule has 1 saturated heterocycles. The Bertz CT molecular complexity index is 670. The first-order valence-electron chi connectivity index (χ1n) is 9.61. The molecule has 27 heavy (non-hydrogen) atoms. The Morgan fingerprint density at radius 2 is 1.74 bits per heavy atom. The van der Waals surface area contributed by atoms with E-state index in [-0.39, 0.29) is 11.8 Å². The van der Waals surface area contributed by atoms with Gasteiger partial charge in [0, 0.05) is 47.0 Å². The molecule has 1 heterocycles. The third-order valence-corrected chi connectivity index (χ3v) is 5.86. The van der Waals surface area contributed by atoms with Crippen LogP contribution >= 0.6 is 0 Å². The number of piperidine rings is 1. The molecule has 6 heteroatoms. The zero-order valence-electron chi connectivity index (χ0n) is 16.8. The number of Topliss-reactive ketones (excluding diaryl/α,β-unsaturated/α-hetero) is 1. The third-order valence-electron chi connectivity index (χ3n) is 4.92. The van der Waals surface area contributed by atoms with E-state index in [2.05, 4.69) is 0 Å². The SMILES string of the molecule is CS(=O)c1ccc(C(=O)CCCC2CCN(OC(=O)C(C)(C)C)CC2)cc1. The van der Waals surface area contributed by atoms with E-state index in [1.54, 1.807) is 35.6 Å². The van der Waals surface area contributed by atoms with Crippen molar-refractivity contribution in [1.82, 2.24) is 5.06 Å². The predicted octanol–water partition coefficient (Wildman–Crippen LogP) is 3.99. The van der Waals surface area contributed by atoms with Gasteiger partial charge in [0.2, 0.25) is 0 Å². The molecule has 1 fully saturated rings. The fraction of sp³-hybridized carbons (Fsp3) is 0.619. The molecule has 0 spiro atoms. The van der Waals surface area contributed by atoms with Crippen molar-refractivity contribution in [3.05, 3.63) is 29.8 Å². The Balaban J connectivity index is 1.69. The van der Waals surface area contributed by atoms with E-state index in [1.165, 1.54) is 0 Å². The van der Waals surface area contributed by atoms with E-state index >= 15 is 0 Å². The lowest BCUT2D eigenvalue weighted by Crippen LogP contribution is -2.38. The van der Waals surface area contributed by atoms with Crippen molar-refractivity contribution >= 4 is 22.6 Å². The molecule has 0 radical (unpaired) electrons. The van der Waals surface area contributed by atoms with Crippen molar-refractivity contribution in [2.24, 2.45) is 11.3 Å². The molecule has 0 N–H and O–H groups in total. The van der Waals surface area contributed by atoms with Crippen molar-refractivity contribution in [1.29, 1.82) is 0 Å². The average Bonchev–Trinajstić information content (AvgIpc) is 2.62. The quantitative estimate of drug-likeness (QED) is 0.655. The molecular formula is C21H31NO4S. The summed E-state index contributed by atoms with van der Waals surface area (Å²) in [5.74, 6) is 0.525. The van der Waals surface area contributed by atoms with E-state index in [1.807, 2.05) is 20.8 Å². The Labute approximate surface area is 164 Å². The van der Waals surface area contributed by atoms with Gasteiger partial charge < -0.3 is 4.84 Å². The van der Waals surface area contributed by atoms with Crippen LogP contribution in [0, 0.1) is 11.3 Å². The number of nitrogens with zero attached hydrogens (tertiary/aromatic N) is 1. The van der Waals surface area contributed by atoms with E-state index in [4.69, 9.17) is 4.84 Å². The first-order valence-corrected chi connectivity index (χ1v) is 11.2. The number of carbonyl (C=O) groups is 2. The lowest BCUT2D eigenvalue weighted by atomic mass is 9.91. The highest BCUT2D eigenvalue weighted by molar-refractivity contribution is 7.84. The molecule has 0 bridgehead atoms. The molecular weight excluding hydrogens is 362 g/mol. The van der Waals surface area contributed by atoms with Gasteiger partial charge in [-0.25, -0.2) is 4.79 Å². The van der Waals surface area contributed by atoms with Gasteiger partial charge in [-0.05, 0) is 64.5 Å². The molecule has 0 saturated carbocycles. The minimum Gasteiger partial charge on any atom is -0.367 e. The number of ketones is 1. The second kappa shape index (κ2) is 9.60. The molecule has 1 aliphatic rings. The summed E-state index contributed by atoms with van der Waals surface area (Å²) < 4.78 is 11.4. The lowest BCUT2D eigenvalue weighted by molar-refractivity contribution is -0.206. The zero-order valence-corrected chi connectivity index (χ0v) is 17.6. The van der Waals surface area contributed by atoms with Crippen molar-refractivity contribution in [3.63, 3.8) is 0 Å². The Kier molecular flexibility index (Phi) is 7.74. The number of hydrogen-bond donors (Lipinski definition) is 0. The molecule has 2 rings (SSSR count). The summed E-state index contributed by atoms with van der Waals surface area (Å²) in [4.78, 5) is 30.4. The zero-order chi connectivity index (χ0) is 20.0. The number of carbonyl (C=O) groups excluding carboxylic acids is 2. The molecule has 5 nitrogen and oxygen atoms in total. The number of rotatable bonds is 7. The van der Waals surface area contributed by atoms with Crippen molar-refractivity contribution in [2.45, 2.75) is 57.8 Å². The van der Waals surface area contributed by atoms with Crippen LogP contribution in [0.3, 0.4) is 0 Å². The van der Waals surface area contributed by atoms with Gasteiger partial charge >= 0.3 is 5.97 Å². The van der Waals surface area contributed by atoms with Crippen molar-refractivity contribution < 1.29 is 18.6 Å². The normalized spacial score (nSPS) is 17.5. The Morgan fingerprint density at radius 1 is 1.15 bits per heavy atom.